The number of hydrogen-bond donors (Lipinski definition) is 0. The monoisotopic (exact) mass is 204 g/mol. The van der Waals surface area contributed by atoms with Crippen molar-refractivity contribution in [3.05, 3.63) is 23.5 Å². The molecule has 0 bridgehead atoms. The first kappa shape index (κ1) is 8.69. The molecule has 0 aliphatic carbocycles. The number of alkyl halides is 2. The lowest BCUT2D eigenvalue weighted by Crippen LogP contribution is -2.56. The second-order valence-corrected chi connectivity index (χ2v) is 3.38. The number of halogens is 3. The normalized spacial score (nSPS) is 19.8. The molecule has 5 heteroatoms. The van der Waals surface area contributed by atoms with Gasteiger partial charge in [0.25, 0.3) is 5.92 Å². The number of nitrogens with zero attached hydrogens (tertiary/aromatic N) is 2. The first-order valence-electron chi connectivity index (χ1n) is 3.82. The van der Waals surface area contributed by atoms with Gasteiger partial charge >= 0.3 is 0 Å². The summed E-state index contributed by atoms with van der Waals surface area (Å²) in [6.45, 7) is -0.531. The highest BCUT2D eigenvalue weighted by Gasteiger charge is 2.44. The Morgan fingerprint density at radius 2 is 2.15 bits per heavy atom. The Hall–Kier alpha value is -0.900. The van der Waals surface area contributed by atoms with E-state index in [-0.39, 0.29) is 18.2 Å². The van der Waals surface area contributed by atoms with E-state index in [0.29, 0.717) is 5.69 Å². The van der Waals surface area contributed by atoms with Gasteiger partial charge in [-0.25, -0.2) is 13.8 Å². The largest absolute Gasteiger partial charge is 0.357 e. The van der Waals surface area contributed by atoms with Crippen molar-refractivity contribution in [3.63, 3.8) is 0 Å². The van der Waals surface area contributed by atoms with Crippen molar-refractivity contribution in [1.82, 2.24) is 4.98 Å². The maximum Gasteiger partial charge on any atom is 0.282 e. The van der Waals surface area contributed by atoms with E-state index < -0.39 is 5.92 Å². The maximum absolute atomic E-state index is 12.5. The number of pyridine rings is 1. The molecular weight excluding hydrogens is 198 g/mol. The van der Waals surface area contributed by atoms with Gasteiger partial charge in [-0.1, -0.05) is 11.6 Å². The molecule has 0 spiro atoms. The average Bonchev–Trinajstić information content (AvgIpc) is 2.01. The van der Waals surface area contributed by atoms with Crippen molar-refractivity contribution in [3.8, 4) is 0 Å². The van der Waals surface area contributed by atoms with Crippen molar-refractivity contribution in [2.75, 3.05) is 18.0 Å². The standard InChI is InChI=1S/C8H7ClF2N2/c9-7-6(2-1-3-12-7)13-4-8(10,11)5-13/h1-3H,4-5H2. The fraction of sp³-hybridized carbons (Fsp3) is 0.375. The molecule has 13 heavy (non-hydrogen) atoms. The summed E-state index contributed by atoms with van der Waals surface area (Å²) in [5.74, 6) is -2.57. The summed E-state index contributed by atoms with van der Waals surface area (Å²) < 4.78 is 25.0. The zero-order valence-corrected chi connectivity index (χ0v) is 7.43. The Kier molecular flexibility index (Phi) is 1.87. The molecule has 0 N–H and O–H groups in total. The van der Waals surface area contributed by atoms with Crippen LogP contribution in [0.5, 0.6) is 0 Å². The molecule has 1 aromatic heterocycles. The third-order valence-electron chi connectivity index (χ3n) is 1.92. The fourth-order valence-corrected chi connectivity index (χ4v) is 1.53. The SMILES string of the molecule is FC1(F)CN(c2cccnc2Cl)C1. The Morgan fingerprint density at radius 1 is 1.46 bits per heavy atom. The highest BCUT2D eigenvalue weighted by atomic mass is 35.5. The molecule has 0 radical (unpaired) electrons. The second kappa shape index (κ2) is 2.80. The van der Waals surface area contributed by atoms with Crippen LogP contribution < -0.4 is 4.90 Å². The van der Waals surface area contributed by atoms with E-state index in [0.717, 1.165) is 0 Å². The average molecular weight is 205 g/mol. The minimum Gasteiger partial charge on any atom is -0.357 e. The summed E-state index contributed by atoms with van der Waals surface area (Å²) in [4.78, 5) is 5.32. The van der Waals surface area contributed by atoms with Crippen LogP contribution in [0.15, 0.2) is 18.3 Å². The molecule has 0 aromatic carbocycles. The lowest BCUT2D eigenvalue weighted by Gasteiger charge is -2.40. The lowest BCUT2D eigenvalue weighted by molar-refractivity contribution is -0.0262. The van der Waals surface area contributed by atoms with Crippen LogP contribution in [-0.4, -0.2) is 24.0 Å². The minimum absolute atomic E-state index is 0.265. The molecule has 2 rings (SSSR count). The van der Waals surface area contributed by atoms with Gasteiger partial charge in [0, 0.05) is 6.20 Å². The van der Waals surface area contributed by atoms with Gasteiger partial charge < -0.3 is 4.90 Å². The summed E-state index contributed by atoms with van der Waals surface area (Å²) in [5.41, 5.74) is 0.579. The first-order valence-corrected chi connectivity index (χ1v) is 4.20. The molecule has 1 aliphatic rings. The van der Waals surface area contributed by atoms with E-state index in [2.05, 4.69) is 4.98 Å². The number of aromatic nitrogens is 1. The predicted octanol–water partition coefficient (Wildman–Crippen LogP) is 2.19. The van der Waals surface area contributed by atoms with Crippen LogP contribution >= 0.6 is 11.6 Å². The van der Waals surface area contributed by atoms with Crippen LogP contribution in [0.3, 0.4) is 0 Å². The minimum atomic E-state index is -2.57. The Balaban J connectivity index is 2.16. The van der Waals surface area contributed by atoms with Crippen LogP contribution in [0.1, 0.15) is 0 Å². The van der Waals surface area contributed by atoms with E-state index in [9.17, 15) is 8.78 Å². The summed E-state index contributed by atoms with van der Waals surface area (Å²) in [6, 6.07) is 3.36. The predicted molar refractivity (Wildman–Crippen MR) is 46.4 cm³/mol. The fourth-order valence-electron chi connectivity index (χ4n) is 1.30. The van der Waals surface area contributed by atoms with E-state index in [1.54, 1.807) is 12.1 Å². The molecule has 0 amide bonds. The van der Waals surface area contributed by atoms with Crippen molar-refractivity contribution in [1.29, 1.82) is 0 Å². The molecule has 0 unspecified atom stereocenters. The molecule has 0 atom stereocenters. The quantitative estimate of drug-likeness (QED) is 0.652. The summed E-state index contributed by atoms with van der Waals surface area (Å²) >= 11 is 5.73. The molecule has 1 aromatic rings. The molecule has 1 aliphatic heterocycles. The van der Waals surface area contributed by atoms with Crippen LogP contribution in [0.25, 0.3) is 0 Å². The Morgan fingerprint density at radius 3 is 2.69 bits per heavy atom. The van der Waals surface area contributed by atoms with Crippen LogP contribution in [0, 0.1) is 0 Å². The van der Waals surface area contributed by atoms with Crippen molar-refractivity contribution < 1.29 is 8.78 Å². The Bertz CT molecular complexity index is 322. The summed E-state index contributed by atoms with van der Waals surface area (Å²) in [7, 11) is 0. The van der Waals surface area contributed by atoms with Crippen molar-refractivity contribution >= 4 is 17.3 Å². The molecule has 1 saturated heterocycles. The first-order chi connectivity index (χ1) is 6.08. The highest BCUT2D eigenvalue weighted by Crippen LogP contribution is 2.34. The maximum atomic E-state index is 12.5. The van der Waals surface area contributed by atoms with Gasteiger partial charge in [-0.3, -0.25) is 0 Å². The molecular formula is C8H7ClF2N2. The zero-order valence-electron chi connectivity index (χ0n) is 6.67. The number of anilines is 1. The second-order valence-electron chi connectivity index (χ2n) is 3.03. The van der Waals surface area contributed by atoms with Gasteiger partial charge in [0.05, 0.1) is 18.8 Å². The van der Waals surface area contributed by atoms with Gasteiger partial charge in [-0.15, -0.1) is 0 Å². The molecule has 1 fully saturated rings. The molecule has 2 heterocycles. The van der Waals surface area contributed by atoms with Gasteiger partial charge in [0.1, 0.15) is 0 Å². The summed E-state index contributed by atoms with van der Waals surface area (Å²) in [5, 5.41) is 0.276. The van der Waals surface area contributed by atoms with Gasteiger partial charge in [0.15, 0.2) is 5.15 Å². The smallest absolute Gasteiger partial charge is 0.282 e. The number of hydrogen-bond acceptors (Lipinski definition) is 2. The van der Waals surface area contributed by atoms with Crippen LogP contribution in [-0.2, 0) is 0 Å². The van der Waals surface area contributed by atoms with Gasteiger partial charge in [-0.2, -0.15) is 0 Å². The Labute approximate surface area is 79.1 Å². The highest BCUT2D eigenvalue weighted by molar-refractivity contribution is 6.32. The topological polar surface area (TPSA) is 16.1 Å². The molecule has 0 saturated carbocycles. The van der Waals surface area contributed by atoms with E-state index >= 15 is 0 Å². The lowest BCUT2D eigenvalue weighted by atomic mass is 10.1. The molecule has 70 valence electrons. The van der Waals surface area contributed by atoms with E-state index in [1.165, 1.54) is 11.1 Å². The van der Waals surface area contributed by atoms with E-state index in [4.69, 9.17) is 11.6 Å². The third-order valence-corrected chi connectivity index (χ3v) is 2.22. The van der Waals surface area contributed by atoms with Gasteiger partial charge in [0.2, 0.25) is 0 Å². The van der Waals surface area contributed by atoms with Crippen LogP contribution in [0.2, 0.25) is 5.15 Å². The third kappa shape index (κ3) is 1.58. The van der Waals surface area contributed by atoms with Crippen molar-refractivity contribution in [2.45, 2.75) is 5.92 Å². The zero-order chi connectivity index (χ0) is 9.47. The summed E-state index contributed by atoms with van der Waals surface area (Å²) in [6.07, 6.45) is 1.53. The molecule has 2 nitrogen and oxygen atoms in total. The van der Waals surface area contributed by atoms with Gasteiger partial charge in [-0.05, 0) is 12.1 Å². The van der Waals surface area contributed by atoms with E-state index in [1.807, 2.05) is 0 Å². The van der Waals surface area contributed by atoms with Crippen LogP contribution in [0.4, 0.5) is 14.5 Å². The van der Waals surface area contributed by atoms with Crippen molar-refractivity contribution in [2.24, 2.45) is 0 Å². The number of rotatable bonds is 1.